The van der Waals surface area contributed by atoms with E-state index in [1.165, 1.54) is 11.1 Å². The fraction of sp³-hybridized carbons (Fsp3) is 0.381. The molecule has 0 heterocycles. The molecule has 2 atom stereocenters. The van der Waals surface area contributed by atoms with Crippen LogP contribution in [0, 0.1) is 16.7 Å². The first kappa shape index (κ1) is 18.2. The minimum Gasteiger partial charge on any atom is -0.390 e. The molecule has 24 heavy (non-hydrogen) atoms. The van der Waals surface area contributed by atoms with E-state index >= 15 is 0 Å². The van der Waals surface area contributed by atoms with Crippen LogP contribution in [0.2, 0.25) is 0 Å². The zero-order chi connectivity index (χ0) is 17.6. The molecule has 2 aromatic carbocycles. The van der Waals surface area contributed by atoms with Crippen molar-refractivity contribution in [3.05, 3.63) is 71.8 Å². The molecule has 0 unspecified atom stereocenters. The maximum Gasteiger partial charge on any atom is 0.0873 e. The maximum absolute atomic E-state index is 10.7. The molecule has 0 saturated carbocycles. The second kappa shape index (κ2) is 8.10. The molecule has 0 radical (unpaired) electrons. The van der Waals surface area contributed by atoms with Gasteiger partial charge < -0.3 is 5.11 Å². The molecule has 0 amide bonds. The Labute approximate surface area is 145 Å². The summed E-state index contributed by atoms with van der Waals surface area (Å²) in [5, 5.41) is 20.1. The lowest BCUT2D eigenvalue weighted by Gasteiger charge is -2.37. The average Bonchev–Trinajstić information content (AvgIpc) is 2.61. The largest absolute Gasteiger partial charge is 0.390 e. The maximum atomic E-state index is 10.7. The van der Waals surface area contributed by atoms with Gasteiger partial charge in [-0.2, -0.15) is 5.26 Å². The predicted molar refractivity (Wildman–Crippen MR) is 97.0 cm³/mol. The summed E-state index contributed by atoms with van der Waals surface area (Å²) in [6.45, 7) is 7.04. The van der Waals surface area contributed by atoms with E-state index in [1.54, 1.807) is 13.8 Å². The van der Waals surface area contributed by atoms with Crippen molar-refractivity contribution in [1.29, 1.82) is 5.26 Å². The molecule has 0 aliphatic heterocycles. The first-order chi connectivity index (χ1) is 11.4. The average molecular weight is 322 g/mol. The van der Waals surface area contributed by atoms with Crippen LogP contribution in [0.25, 0.3) is 0 Å². The number of aliphatic hydroxyl groups is 1. The first-order valence-electron chi connectivity index (χ1n) is 8.35. The molecule has 0 aromatic heterocycles. The van der Waals surface area contributed by atoms with Crippen molar-refractivity contribution in [2.75, 3.05) is 0 Å². The van der Waals surface area contributed by atoms with Crippen LogP contribution < -0.4 is 0 Å². The van der Waals surface area contributed by atoms with Gasteiger partial charge in [0, 0.05) is 19.1 Å². The molecule has 3 nitrogen and oxygen atoms in total. The smallest absolute Gasteiger partial charge is 0.0873 e. The van der Waals surface area contributed by atoms with E-state index in [-0.39, 0.29) is 6.04 Å². The summed E-state index contributed by atoms with van der Waals surface area (Å²) < 4.78 is 0. The summed E-state index contributed by atoms with van der Waals surface area (Å²) in [7, 11) is 0. The van der Waals surface area contributed by atoms with E-state index in [0.29, 0.717) is 0 Å². The second-order valence-electron chi connectivity index (χ2n) is 6.90. The number of nitrogens with zero attached hydrogens (tertiary/aromatic N) is 2. The van der Waals surface area contributed by atoms with Crippen molar-refractivity contribution in [3.8, 4) is 6.07 Å². The summed E-state index contributed by atoms with van der Waals surface area (Å²) in [6.07, 6.45) is -0.727. The number of rotatable bonds is 7. The Bertz CT molecular complexity index is 620. The molecule has 3 heteroatoms. The predicted octanol–water partition coefficient (Wildman–Crippen LogP) is 3.99. The van der Waals surface area contributed by atoms with Gasteiger partial charge in [-0.05, 0) is 31.9 Å². The fourth-order valence-electron chi connectivity index (χ4n) is 2.85. The molecule has 0 aliphatic rings. The van der Waals surface area contributed by atoms with Gasteiger partial charge in [-0.25, -0.2) is 0 Å². The zero-order valence-electron chi connectivity index (χ0n) is 14.7. The van der Waals surface area contributed by atoms with Crippen molar-refractivity contribution in [2.45, 2.75) is 46.0 Å². The topological polar surface area (TPSA) is 47.3 Å². The Morgan fingerprint density at radius 2 is 1.38 bits per heavy atom. The second-order valence-corrected chi connectivity index (χ2v) is 6.90. The van der Waals surface area contributed by atoms with Gasteiger partial charge in [-0.1, -0.05) is 60.7 Å². The third-order valence-corrected chi connectivity index (χ3v) is 4.52. The number of hydrogen-bond acceptors (Lipinski definition) is 3. The van der Waals surface area contributed by atoms with Gasteiger partial charge in [0.05, 0.1) is 17.6 Å². The number of benzene rings is 2. The summed E-state index contributed by atoms with van der Waals surface area (Å²) in [5.41, 5.74) is 1.61. The van der Waals surface area contributed by atoms with Gasteiger partial charge in [-0.15, -0.1) is 0 Å². The fourth-order valence-corrected chi connectivity index (χ4v) is 2.85. The number of aliphatic hydroxyl groups excluding tert-OH is 1. The van der Waals surface area contributed by atoms with Crippen molar-refractivity contribution in [1.82, 2.24) is 4.90 Å². The lowest BCUT2D eigenvalue weighted by Crippen LogP contribution is -2.47. The summed E-state index contributed by atoms with van der Waals surface area (Å²) >= 11 is 0. The van der Waals surface area contributed by atoms with Crippen molar-refractivity contribution < 1.29 is 5.11 Å². The van der Waals surface area contributed by atoms with Crippen LogP contribution in [0.5, 0.6) is 0 Å². The molecule has 0 fully saturated rings. The van der Waals surface area contributed by atoms with E-state index in [0.717, 1.165) is 13.1 Å². The lowest BCUT2D eigenvalue weighted by molar-refractivity contribution is -0.00367. The molecule has 1 N–H and O–H groups in total. The van der Waals surface area contributed by atoms with E-state index in [2.05, 4.69) is 35.2 Å². The highest BCUT2D eigenvalue weighted by Crippen LogP contribution is 2.26. The Hall–Kier alpha value is -2.15. The SMILES string of the molecule is C[C@@H]([C@H](O)C(C)(C)C#N)N(Cc1ccccc1)Cc1ccccc1. The van der Waals surface area contributed by atoms with Gasteiger partial charge in [0.1, 0.15) is 0 Å². The molecular weight excluding hydrogens is 296 g/mol. The molecule has 2 aromatic rings. The molecule has 0 bridgehead atoms. The minimum atomic E-state index is -0.787. The molecular formula is C21H26N2O. The van der Waals surface area contributed by atoms with Crippen LogP contribution in [0.1, 0.15) is 31.9 Å². The lowest BCUT2D eigenvalue weighted by atomic mass is 9.84. The quantitative estimate of drug-likeness (QED) is 0.838. The van der Waals surface area contributed by atoms with Crippen LogP contribution in [0.4, 0.5) is 0 Å². The van der Waals surface area contributed by atoms with Crippen LogP contribution in [0.15, 0.2) is 60.7 Å². The Balaban J connectivity index is 2.23. The van der Waals surface area contributed by atoms with Crippen LogP contribution in [-0.2, 0) is 13.1 Å². The van der Waals surface area contributed by atoms with Gasteiger partial charge in [-0.3, -0.25) is 4.90 Å². The van der Waals surface area contributed by atoms with Crippen LogP contribution in [-0.4, -0.2) is 22.2 Å². The van der Waals surface area contributed by atoms with Crippen LogP contribution >= 0.6 is 0 Å². The van der Waals surface area contributed by atoms with Gasteiger partial charge in [0.2, 0.25) is 0 Å². The van der Waals surface area contributed by atoms with Gasteiger partial charge in [0.15, 0.2) is 0 Å². The van der Waals surface area contributed by atoms with E-state index in [4.69, 9.17) is 0 Å². The van der Waals surface area contributed by atoms with Crippen molar-refractivity contribution >= 4 is 0 Å². The monoisotopic (exact) mass is 322 g/mol. The highest BCUT2D eigenvalue weighted by atomic mass is 16.3. The molecule has 2 rings (SSSR count). The van der Waals surface area contributed by atoms with E-state index < -0.39 is 11.5 Å². The van der Waals surface area contributed by atoms with Crippen molar-refractivity contribution in [2.24, 2.45) is 5.41 Å². The summed E-state index contributed by atoms with van der Waals surface area (Å²) in [6, 6.07) is 22.5. The highest BCUT2D eigenvalue weighted by molar-refractivity contribution is 5.17. The third kappa shape index (κ3) is 4.67. The Morgan fingerprint density at radius 3 is 1.75 bits per heavy atom. The number of hydrogen-bond donors (Lipinski definition) is 1. The normalized spacial score (nSPS) is 14.2. The number of nitriles is 1. The zero-order valence-corrected chi connectivity index (χ0v) is 14.7. The third-order valence-electron chi connectivity index (χ3n) is 4.52. The minimum absolute atomic E-state index is 0.139. The molecule has 0 spiro atoms. The first-order valence-corrected chi connectivity index (χ1v) is 8.35. The standard InChI is InChI=1S/C21H26N2O/c1-17(20(24)21(2,3)16-22)23(14-18-10-6-4-7-11-18)15-19-12-8-5-9-13-19/h4-13,17,20,24H,14-15H2,1-3H3/t17-,20-/m0/s1. The Morgan fingerprint density at radius 1 is 0.958 bits per heavy atom. The Kier molecular flexibility index (Phi) is 6.14. The highest BCUT2D eigenvalue weighted by Gasteiger charge is 2.35. The van der Waals surface area contributed by atoms with Crippen molar-refractivity contribution in [3.63, 3.8) is 0 Å². The van der Waals surface area contributed by atoms with E-state index in [9.17, 15) is 10.4 Å². The van der Waals surface area contributed by atoms with Gasteiger partial charge in [0.25, 0.3) is 0 Å². The molecule has 126 valence electrons. The summed E-state index contributed by atoms with van der Waals surface area (Å²) in [5.74, 6) is 0. The molecule has 0 saturated heterocycles. The molecule has 0 aliphatic carbocycles. The van der Waals surface area contributed by atoms with Gasteiger partial charge >= 0.3 is 0 Å². The van der Waals surface area contributed by atoms with Crippen LogP contribution in [0.3, 0.4) is 0 Å². The summed E-state index contributed by atoms with van der Waals surface area (Å²) in [4.78, 5) is 2.23. The van der Waals surface area contributed by atoms with E-state index in [1.807, 2.05) is 43.3 Å².